The lowest BCUT2D eigenvalue weighted by molar-refractivity contribution is 0.0821. The van der Waals surface area contributed by atoms with Crippen LogP contribution < -0.4 is 4.74 Å². The number of alkyl halides is 2. The molecule has 0 fully saturated rings. The van der Waals surface area contributed by atoms with Crippen LogP contribution in [0.3, 0.4) is 0 Å². The Balaban J connectivity index is 2.43. The lowest BCUT2D eigenvalue weighted by Gasteiger charge is -2.12. The highest BCUT2D eigenvalue weighted by Crippen LogP contribution is 2.31. The van der Waals surface area contributed by atoms with Crippen molar-refractivity contribution in [3.05, 3.63) is 48.3 Å². The summed E-state index contributed by atoms with van der Waals surface area (Å²) in [5.41, 5.74) is 1.78. The third-order valence-corrected chi connectivity index (χ3v) is 2.72. The normalized spacial score (nSPS) is 10.6. The first-order valence-corrected chi connectivity index (χ1v) is 6.04. The quantitative estimate of drug-likeness (QED) is 0.784. The van der Waals surface area contributed by atoms with E-state index in [1.807, 2.05) is 0 Å². The summed E-state index contributed by atoms with van der Waals surface area (Å²) in [4.78, 5) is 15.4. The second-order valence-corrected chi connectivity index (χ2v) is 4.21. The highest BCUT2D eigenvalue weighted by Gasteiger charge is 2.12. The summed E-state index contributed by atoms with van der Waals surface area (Å²) in [5.74, 6) is 0.207. The molecular weight excluding hydrogens is 264 g/mol. The van der Waals surface area contributed by atoms with Gasteiger partial charge in [-0.3, -0.25) is 9.78 Å². The smallest absolute Gasteiger partial charge is 0.272 e. The molecule has 1 heterocycles. The molecule has 0 spiro atoms. The summed E-state index contributed by atoms with van der Waals surface area (Å²) in [7, 11) is 0. The third kappa shape index (κ3) is 3.38. The third-order valence-electron chi connectivity index (χ3n) is 2.72. The number of carbonyl (C=O) groups is 1. The summed E-state index contributed by atoms with van der Waals surface area (Å²) in [6, 6.07) is 8.22. The van der Waals surface area contributed by atoms with Crippen LogP contribution in [0.5, 0.6) is 5.75 Å². The highest BCUT2D eigenvalue weighted by atomic mass is 19.3. The number of carbonyl (C=O) groups excluding carboxylic acids is 1. The van der Waals surface area contributed by atoms with Crippen molar-refractivity contribution >= 4 is 5.78 Å². The molecule has 0 aliphatic rings. The van der Waals surface area contributed by atoms with Crippen LogP contribution in [-0.4, -0.2) is 23.8 Å². The molecule has 1 aromatic heterocycles. The first kappa shape index (κ1) is 14.1. The molecule has 0 radical (unpaired) electrons. The van der Waals surface area contributed by atoms with Crippen LogP contribution in [0, 0.1) is 0 Å². The zero-order valence-electron chi connectivity index (χ0n) is 10.8. The highest BCUT2D eigenvalue weighted by molar-refractivity contribution is 5.96. The molecule has 0 atom stereocenters. The Morgan fingerprint density at radius 1 is 1.35 bits per heavy atom. The summed E-state index contributed by atoms with van der Waals surface area (Å²) >= 11 is 0. The molecule has 2 aromatic rings. The first-order valence-electron chi connectivity index (χ1n) is 6.04. The van der Waals surface area contributed by atoms with Gasteiger partial charge in [-0.25, -0.2) is 8.78 Å². The predicted octanol–water partition coefficient (Wildman–Crippen LogP) is 3.60. The van der Waals surface area contributed by atoms with Crippen LogP contribution in [0.25, 0.3) is 11.1 Å². The van der Waals surface area contributed by atoms with Crippen LogP contribution in [0.2, 0.25) is 0 Å². The van der Waals surface area contributed by atoms with Gasteiger partial charge in [0.1, 0.15) is 12.4 Å². The molecule has 0 aliphatic carbocycles. The molecule has 104 valence electrons. The number of ether oxygens (including phenoxy) is 1. The number of hydrogen-bond donors (Lipinski definition) is 0. The van der Waals surface area contributed by atoms with Gasteiger partial charge in [-0.05, 0) is 31.2 Å². The van der Waals surface area contributed by atoms with Gasteiger partial charge in [-0.15, -0.1) is 0 Å². The second-order valence-electron chi connectivity index (χ2n) is 4.21. The van der Waals surface area contributed by atoms with Gasteiger partial charge in [-0.2, -0.15) is 0 Å². The fourth-order valence-electron chi connectivity index (χ4n) is 1.78. The van der Waals surface area contributed by atoms with Crippen LogP contribution in [0.4, 0.5) is 8.78 Å². The summed E-state index contributed by atoms with van der Waals surface area (Å²) in [5, 5.41) is 0. The van der Waals surface area contributed by atoms with Crippen molar-refractivity contribution in [2.24, 2.45) is 0 Å². The molecule has 0 aliphatic heterocycles. The molecule has 0 saturated heterocycles. The molecule has 5 heteroatoms. The fraction of sp³-hybridized carbons (Fsp3) is 0.200. The lowest BCUT2D eigenvalue weighted by atomic mass is 10.0. The average molecular weight is 277 g/mol. The Morgan fingerprint density at radius 3 is 2.75 bits per heavy atom. The number of hydrogen-bond acceptors (Lipinski definition) is 3. The molecule has 2 rings (SSSR count). The maximum atomic E-state index is 12.3. The van der Waals surface area contributed by atoms with Crippen LogP contribution in [-0.2, 0) is 0 Å². The van der Waals surface area contributed by atoms with Crippen molar-refractivity contribution < 1.29 is 18.3 Å². The van der Waals surface area contributed by atoms with E-state index in [2.05, 4.69) is 4.98 Å². The van der Waals surface area contributed by atoms with E-state index in [4.69, 9.17) is 4.74 Å². The zero-order chi connectivity index (χ0) is 14.5. The minimum absolute atomic E-state index is 0.101. The second kappa shape index (κ2) is 6.23. The van der Waals surface area contributed by atoms with E-state index in [1.54, 1.807) is 36.7 Å². The van der Waals surface area contributed by atoms with E-state index in [9.17, 15) is 13.6 Å². The number of halogens is 2. The summed E-state index contributed by atoms with van der Waals surface area (Å²) in [6.07, 6.45) is 0.649. The lowest BCUT2D eigenvalue weighted by Crippen LogP contribution is -2.08. The van der Waals surface area contributed by atoms with Gasteiger partial charge in [0.05, 0.1) is 0 Å². The zero-order valence-corrected chi connectivity index (χ0v) is 10.8. The van der Waals surface area contributed by atoms with Crippen LogP contribution in [0.1, 0.15) is 17.3 Å². The Morgan fingerprint density at radius 2 is 2.15 bits per heavy atom. The number of rotatable bonds is 5. The van der Waals surface area contributed by atoms with E-state index < -0.39 is 13.0 Å². The largest absolute Gasteiger partial charge is 0.487 e. The number of Topliss-reactive ketones (excluding diaryl/α,β-unsaturated/α-hetero) is 1. The first-order chi connectivity index (χ1) is 9.58. The van der Waals surface area contributed by atoms with E-state index >= 15 is 0 Å². The Labute approximate surface area is 115 Å². The minimum atomic E-state index is -2.55. The van der Waals surface area contributed by atoms with Gasteiger partial charge in [0.15, 0.2) is 5.78 Å². The maximum Gasteiger partial charge on any atom is 0.272 e. The Kier molecular flexibility index (Phi) is 4.40. The topological polar surface area (TPSA) is 39.2 Å². The summed E-state index contributed by atoms with van der Waals surface area (Å²) < 4.78 is 29.6. The molecular formula is C15H13F2NO2. The standard InChI is InChI=1S/C15H13F2NO2/c1-10(19)11-4-5-14(20-9-15(16)17)13(7-11)12-3-2-6-18-8-12/h2-8,15H,9H2,1H3. The fourth-order valence-corrected chi connectivity index (χ4v) is 1.78. The number of ketones is 1. The van der Waals surface area contributed by atoms with Crippen molar-refractivity contribution in [1.29, 1.82) is 0 Å². The van der Waals surface area contributed by atoms with E-state index in [0.717, 1.165) is 0 Å². The molecule has 0 N–H and O–H groups in total. The monoisotopic (exact) mass is 277 g/mol. The van der Waals surface area contributed by atoms with Gasteiger partial charge in [0, 0.05) is 29.1 Å². The van der Waals surface area contributed by atoms with Crippen molar-refractivity contribution in [3.63, 3.8) is 0 Å². The number of benzene rings is 1. The number of pyridine rings is 1. The van der Waals surface area contributed by atoms with E-state index in [1.165, 1.54) is 13.0 Å². The van der Waals surface area contributed by atoms with Gasteiger partial charge >= 0.3 is 0 Å². The molecule has 0 amide bonds. The molecule has 0 saturated carbocycles. The van der Waals surface area contributed by atoms with Gasteiger partial charge in [0.25, 0.3) is 6.43 Å². The average Bonchev–Trinajstić information content (AvgIpc) is 2.45. The molecule has 0 bridgehead atoms. The molecule has 20 heavy (non-hydrogen) atoms. The van der Waals surface area contributed by atoms with Gasteiger partial charge in [-0.1, -0.05) is 6.07 Å². The SMILES string of the molecule is CC(=O)c1ccc(OCC(F)F)c(-c2cccnc2)c1. The van der Waals surface area contributed by atoms with Crippen molar-refractivity contribution in [3.8, 4) is 16.9 Å². The van der Waals surface area contributed by atoms with Crippen molar-refractivity contribution in [2.75, 3.05) is 6.61 Å². The number of nitrogens with zero attached hydrogens (tertiary/aromatic N) is 1. The minimum Gasteiger partial charge on any atom is -0.487 e. The van der Waals surface area contributed by atoms with Gasteiger partial charge in [0.2, 0.25) is 0 Å². The van der Waals surface area contributed by atoms with Crippen LogP contribution in [0.15, 0.2) is 42.7 Å². The Hall–Kier alpha value is -2.30. The molecule has 3 nitrogen and oxygen atoms in total. The Bertz CT molecular complexity index is 600. The number of aromatic nitrogens is 1. The van der Waals surface area contributed by atoms with Gasteiger partial charge < -0.3 is 4.74 Å². The summed E-state index contributed by atoms with van der Waals surface area (Å²) in [6.45, 7) is 0.759. The van der Waals surface area contributed by atoms with E-state index in [0.29, 0.717) is 22.4 Å². The maximum absolute atomic E-state index is 12.3. The van der Waals surface area contributed by atoms with Crippen molar-refractivity contribution in [2.45, 2.75) is 13.3 Å². The van der Waals surface area contributed by atoms with Crippen molar-refractivity contribution in [1.82, 2.24) is 4.98 Å². The molecule has 1 aromatic carbocycles. The molecule has 0 unspecified atom stereocenters. The van der Waals surface area contributed by atoms with E-state index in [-0.39, 0.29) is 5.78 Å². The predicted molar refractivity (Wildman–Crippen MR) is 71.2 cm³/mol. The van der Waals surface area contributed by atoms with Crippen LogP contribution >= 0.6 is 0 Å².